The number of hydrogen-bond donors (Lipinski definition) is 1. The number of aliphatic carboxylic acids is 1. The minimum atomic E-state index is -0.874. The molecule has 3 aromatic rings. The van der Waals surface area contributed by atoms with Crippen molar-refractivity contribution in [2.45, 2.75) is 6.42 Å². The molecule has 0 bridgehead atoms. The second-order valence-electron chi connectivity index (χ2n) is 4.21. The molecule has 2 heterocycles. The lowest BCUT2D eigenvalue weighted by molar-refractivity contribution is -0.136. The van der Waals surface area contributed by atoms with Gasteiger partial charge in [0.15, 0.2) is 0 Å². The van der Waals surface area contributed by atoms with Crippen LogP contribution in [0.1, 0.15) is 5.69 Å². The number of carboxylic acids is 1. The molecule has 6 heteroatoms. The van der Waals surface area contributed by atoms with Crippen LogP contribution in [-0.4, -0.2) is 21.0 Å². The largest absolute Gasteiger partial charge is 0.481 e. The second kappa shape index (κ2) is 5.30. The quantitative estimate of drug-likeness (QED) is 0.782. The molecule has 0 aliphatic heterocycles. The molecule has 2 aromatic heterocycles. The van der Waals surface area contributed by atoms with Gasteiger partial charge >= 0.3 is 5.97 Å². The summed E-state index contributed by atoms with van der Waals surface area (Å²) in [6.07, 6.45) is 1.68. The molecule has 4 nitrogen and oxygen atoms in total. The number of rotatable bonds is 3. The van der Waals surface area contributed by atoms with E-state index in [0.717, 1.165) is 25.9 Å². The van der Waals surface area contributed by atoms with Gasteiger partial charge in [0.05, 0.1) is 17.6 Å². The molecule has 0 aliphatic rings. The molecule has 1 aromatic carbocycles. The number of carbonyl (C=O) groups is 1. The first kappa shape index (κ1) is 13.2. The molecule has 0 radical (unpaired) electrons. The summed E-state index contributed by atoms with van der Waals surface area (Å²) in [7, 11) is 0. The van der Waals surface area contributed by atoms with Crippen LogP contribution in [0.3, 0.4) is 0 Å². The van der Waals surface area contributed by atoms with E-state index < -0.39 is 5.97 Å². The van der Waals surface area contributed by atoms with Crippen LogP contribution in [0.25, 0.3) is 21.5 Å². The molecule has 100 valence electrons. The predicted octanol–water partition coefficient (Wildman–Crippen LogP) is 3.75. The van der Waals surface area contributed by atoms with Crippen LogP contribution in [0.2, 0.25) is 0 Å². The summed E-state index contributed by atoms with van der Waals surface area (Å²) in [5, 5.41) is 12.4. The Labute approximate surface area is 127 Å². The van der Waals surface area contributed by atoms with E-state index in [9.17, 15) is 4.79 Å². The van der Waals surface area contributed by atoms with Crippen LogP contribution in [0, 0.1) is 0 Å². The zero-order valence-electron chi connectivity index (χ0n) is 10.2. The summed E-state index contributed by atoms with van der Waals surface area (Å²) in [6, 6.07) is 7.77. The number of fused-ring (bicyclic) bond motifs is 1. The first-order chi connectivity index (χ1) is 9.65. The van der Waals surface area contributed by atoms with E-state index in [1.54, 1.807) is 11.6 Å². The van der Waals surface area contributed by atoms with Crippen molar-refractivity contribution < 1.29 is 9.90 Å². The molecule has 3 rings (SSSR count). The molecule has 0 amide bonds. The summed E-state index contributed by atoms with van der Waals surface area (Å²) in [5.41, 5.74) is 2.35. The Morgan fingerprint density at radius 1 is 1.35 bits per heavy atom. The fourth-order valence-electron chi connectivity index (χ4n) is 1.98. The lowest BCUT2D eigenvalue weighted by Crippen LogP contribution is -1.99. The van der Waals surface area contributed by atoms with Gasteiger partial charge in [-0.15, -0.1) is 11.3 Å². The average Bonchev–Trinajstić information content (AvgIpc) is 2.87. The number of nitrogens with zero attached hydrogens (tertiary/aromatic N) is 2. The molecule has 20 heavy (non-hydrogen) atoms. The van der Waals surface area contributed by atoms with Gasteiger partial charge in [-0.2, -0.15) is 0 Å². The molecule has 0 saturated heterocycles. The highest BCUT2D eigenvalue weighted by Gasteiger charge is 2.12. The van der Waals surface area contributed by atoms with E-state index in [2.05, 4.69) is 25.9 Å². The molecular weight excluding hydrogens is 340 g/mol. The zero-order chi connectivity index (χ0) is 14.1. The highest BCUT2D eigenvalue weighted by Crippen LogP contribution is 2.33. The van der Waals surface area contributed by atoms with Gasteiger partial charge in [-0.05, 0) is 18.2 Å². The van der Waals surface area contributed by atoms with Crippen molar-refractivity contribution in [2.75, 3.05) is 0 Å². The fraction of sp³-hybridized carbons (Fsp3) is 0.0714. The lowest BCUT2D eigenvalue weighted by atomic mass is 10.1. The topological polar surface area (TPSA) is 63.1 Å². The number of aromatic nitrogens is 2. The second-order valence-corrected chi connectivity index (χ2v) is 5.92. The highest BCUT2D eigenvalue weighted by atomic mass is 79.9. The third-order valence-electron chi connectivity index (χ3n) is 2.83. The van der Waals surface area contributed by atoms with Crippen molar-refractivity contribution in [3.05, 3.63) is 46.0 Å². The number of halogens is 1. The number of hydrogen-bond acceptors (Lipinski definition) is 4. The van der Waals surface area contributed by atoms with Gasteiger partial charge in [-0.3, -0.25) is 9.78 Å². The van der Waals surface area contributed by atoms with Gasteiger partial charge < -0.3 is 5.11 Å². The molecule has 0 saturated carbocycles. The standard InChI is InChI=1S/C14H9BrN2O2S/c15-11-4-3-10(13-9(11)2-1-5-16-13)14-17-8(7-20-14)6-12(18)19/h1-5,7H,6H2,(H,18,19). The summed E-state index contributed by atoms with van der Waals surface area (Å²) in [6.45, 7) is 0. The van der Waals surface area contributed by atoms with Gasteiger partial charge in [0.2, 0.25) is 0 Å². The van der Waals surface area contributed by atoms with E-state index in [1.807, 2.05) is 24.3 Å². The van der Waals surface area contributed by atoms with E-state index in [1.165, 1.54) is 11.3 Å². The normalized spacial score (nSPS) is 10.8. The lowest BCUT2D eigenvalue weighted by Gasteiger charge is -2.04. The van der Waals surface area contributed by atoms with Crippen LogP contribution >= 0.6 is 27.3 Å². The van der Waals surface area contributed by atoms with Crippen molar-refractivity contribution in [2.24, 2.45) is 0 Å². The Hall–Kier alpha value is -1.79. The number of benzene rings is 1. The van der Waals surface area contributed by atoms with Crippen LogP contribution in [0.5, 0.6) is 0 Å². The smallest absolute Gasteiger partial charge is 0.309 e. The summed E-state index contributed by atoms with van der Waals surface area (Å²) < 4.78 is 0.978. The minimum absolute atomic E-state index is 0.0572. The molecule has 0 unspecified atom stereocenters. The Morgan fingerprint density at radius 3 is 3.00 bits per heavy atom. The maximum atomic E-state index is 10.7. The predicted molar refractivity (Wildman–Crippen MR) is 81.9 cm³/mol. The van der Waals surface area contributed by atoms with Crippen LogP contribution in [-0.2, 0) is 11.2 Å². The molecule has 0 atom stereocenters. The van der Waals surface area contributed by atoms with Gasteiger partial charge in [0.1, 0.15) is 5.01 Å². The van der Waals surface area contributed by atoms with Gasteiger partial charge in [-0.1, -0.05) is 22.0 Å². The molecule has 1 N–H and O–H groups in total. The van der Waals surface area contributed by atoms with Crippen LogP contribution in [0.15, 0.2) is 40.3 Å². The van der Waals surface area contributed by atoms with Gasteiger partial charge in [-0.25, -0.2) is 4.98 Å². The van der Waals surface area contributed by atoms with E-state index >= 15 is 0 Å². The third kappa shape index (κ3) is 2.44. The van der Waals surface area contributed by atoms with Crippen LogP contribution < -0.4 is 0 Å². The molecule has 0 fully saturated rings. The van der Waals surface area contributed by atoms with E-state index in [0.29, 0.717) is 5.69 Å². The highest BCUT2D eigenvalue weighted by molar-refractivity contribution is 9.10. The van der Waals surface area contributed by atoms with E-state index in [4.69, 9.17) is 5.11 Å². The first-order valence-corrected chi connectivity index (χ1v) is 7.52. The van der Waals surface area contributed by atoms with Crippen molar-refractivity contribution >= 4 is 44.1 Å². The molecule has 0 spiro atoms. The maximum absolute atomic E-state index is 10.7. The van der Waals surface area contributed by atoms with Gasteiger partial charge in [0, 0.05) is 27.0 Å². The van der Waals surface area contributed by atoms with Crippen molar-refractivity contribution in [1.82, 2.24) is 9.97 Å². The van der Waals surface area contributed by atoms with E-state index in [-0.39, 0.29) is 6.42 Å². The number of pyridine rings is 1. The van der Waals surface area contributed by atoms with Crippen molar-refractivity contribution in [3.63, 3.8) is 0 Å². The summed E-state index contributed by atoms with van der Waals surface area (Å²) in [4.78, 5) is 19.5. The minimum Gasteiger partial charge on any atom is -0.481 e. The third-order valence-corrected chi connectivity index (χ3v) is 4.45. The number of carboxylic acid groups (broad SMARTS) is 1. The Balaban J connectivity index is 2.13. The average molecular weight is 349 g/mol. The Bertz CT molecular complexity index is 801. The Kier molecular flexibility index (Phi) is 3.50. The fourth-order valence-corrected chi connectivity index (χ4v) is 3.27. The summed E-state index contributed by atoms with van der Waals surface area (Å²) in [5.74, 6) is -0.874. The van der Waals surface area contributed by atoms with Gasteiger partial charge in [0.25, 0.3) is 0 Å². The summed E-state index contributed by atoms with van der Waals surface area (Å²) >= 11 is 4.94. The monoisotopic (exact) mass is 348 g/mol. The Morgan fingerprint density at radius 2 is 2.20 bits per heavy atom. The van der Waals surface area contributed by atoms with Crippen molar-refractivity contribution in [1.29, 1.82) is 0 Å². The molecule has 0 aliphatic carbocycles. The maximum Gasteiger partial charge on any atom is 0.309 e. The first-order valence-electron chi connectivity index (χ1n) is 5.85. The SMILES string of the molecule is O=C(O)Cc1csc(-c2ccc(Br)c3cccnc23)n1. The number of thiazole rings is 1. The zero-order valence-corrected chi connectivity index (χ0v) is 12.6. The molecular formula is C14H9BrN2O2S. The van der Waals surface area contributed by atoms with Crippen LogP contribution in [0.4, 0.5) is 0 Å². The van der Waals surface area contributed by atoms with Crippen molar-refractivity contribution in [3.8, 4) is 10.6 Å².